The number of anilines is 1. The summed E-state index contributed by atoms with van der Waals surface area (Å²) in [5.74, 6) is 0.242. The van der Waals surface area contributed by atoms with Crippen molar-refractivity contribution >= 4 is 40.0 Å². The Labute approximate surface area is 158 Å². The Morgan fingerprint density at radius 2 is 1.96 bits per heavy atom. The van der Waals surface area contributed by atoms with Gasteiger partial charge in [-0.2, -0.15) is 5.10 Å². The van der Waals surface area contributed by atoms with E-state index in [4.69, 9.17) is 11.6 Å². The van der Waals surface area contributed by atoms with Crippen molar-refractivity contribution in [3.05, 3.63) is 65.0 Å². The molecule has 0 aliphatic carbocycles. The molecule has 0 fully saturated rings. The minimum Gasteiger partial charge on any atom is -0.322 e. The van der Waals surface area contributed by atoms with Gasteiger partial charge in [0.1, 0.15) is 5.15 Å². The molecule has 3 aromatic rings. The Bertz CT molecular complexity index is 967. The van der Waals surface area contributed by atoms with Gasteiger partial charge in [-0.3, -0.25) is 9.48 Å². The van der Waals surface area contributed by atoms with E-state index in [0.29, 0.717) is 11.1 Å². The van der Waals surface area contributed by atoms with Gasteiger partial charge in [0.05, 0.1) is 5.69 Å². The molecule has 134 valence electrons. The number of hydrogen-bond donors (Lipinski definition) is 1. The number of hydrogen-bond acceptors (Lipinski definition) is 2. The van der Waals surface area contributed by atoms with Crippen molar-refractivity contribution in [2.24, 2.45) is 5.92 Å². The number of aryl methyl sites for hydroxylation is 1. The zero-order valence-electron chi connectivity index (χ0n) is 15.2. The summed E-state index contributed by atoms with van der Waals surface area (Å²) >= 11 is 6.41. The number of aromatic nitrogens is 2. The highest BCUT2D eigenvalue weighted by Crippen LogP contribution is 2.24. The first kappa shape index (κ1) is 18.2. The fraction of sp³-hybridized carbons (Fsp3) is 0.238. The van der Waals surface area contributed by atoms with Gasteiger partial charge in [0.25, 0.3) is 0 Å². The van der Waals surface area contributed by atoms with Gasteiger partial charge in [0, 0.05) is 29.3 Å². The summed E-state index contributed by atoms with van der Waals surface area (Å²) in [6, 6.07) is 13.8. The molecular formula is C21H22ClN3O. The van der Waals surface area contributed by atoms with Crippen LogP contribution in [-0.4, -0.2) is 15.7 Å². The van der Waals surface area contributed by atoms with Crippen LogP contribution in [-0.2, 0) is 11.3 Å². The summed E-state index contributed by atoms with van der Waals surface area (Å²) in [5.41, 5.74) is 2.38. The molecule has 1 aromatic heterocycles. The number of halogens is 1. The summed E-state index contributed by atoms with van der Waals surface area (Å²) in [6.45, 7) is 6.86. The van der Waals surface area contributed by atoms with Crippen molar-refractivity contribution in [2.45, 2.75) is 27.3 Å². The second-order valence-corrected chi connectivity index (χ2v) is 7.07. The lowest BCUT2D eigenvalue weighted by atomic mass is 10.1. The lowest BCUT2D eigenvalue weighted by Gasteiger charge is -2.07. The van der Waals surface area contributed by atoms with Crippen LogP contribution in [0.4, 0.5) is 5.69 Å². The number of rotatable bonds is 5. The van der Waals surface area contributed by atoms with Gasteiger partial charge in [-0.1, -0.05) is 61.8 Å². The van der Waals surface area contributed by atoms with E-state index in [1.807, 2.05) is 49.4 Å². The fourth-order valence-electron chi connectivity index (χ4n) is 2.89. The number of fused-ring (bicyclic) bond motifs is 1. The molecule has 0 saturated heterocycles. The summed E-state index contributed by atoms with van der Waals surface area (Å²) in [7, 11) is 0. The van der Waals surface area contributed by atoms with Crippen molar-refractivity contribution < 1.29 is 4.79 Å². The average molecular weight is 368 g/mol. The number of nitrogens with zero attached hydrogens (tertiary/aromatic N) is 2. The first-order valence-electron chi connectivity index (χ1n) is 8.65. The first-order valence-corrected chi connectivity index (χ1v) is 9.03. The molecular weight excluding hydrogens is 346 g/mol. The summed E-state index contributed by atoms with van der Waals surface area (Å²) in [6.07, 6.45) is 3.22. The van der Waals surface area contributed by atoms with Gasteiger partial charge in [-0.15, -0.1) is 0 Å². The number of benzene rings is 2. The van der Waals surface area contributed by atoms with Gasteiger partial charge < -0.3 is 5.32 Å². The van der Waals surface area contributed by atoms with Crippen LogP contribution in [0.1, 0.15) is 25.1 Å². The van der Waals surface area contributed by atoms with Crippen molar-refractivity contribution in [3.8, 4) is 0 Å². The maximum Gasteiger partial charge on any atom is 0.248 e. The molecule has 0 atom stereocenters. The number of nitrogens with one attached hydrogen (secondary N) is 1. The third kappa shape index (κ3) is 3.97. The van der Waals surface area contributed by atoms with Crippen LogP contribution in [0.3, 0.4) is 0 Å². The minimum absolute atomic E-state index is 0.201. The normalized spacial score (nSPS) is 11.6. The molecule has 0 saturated carbocycles. The summed E-state index contributed by atoms with van der Waals surface area (Å²) in [5, 5.41) is 10.0. The smallest absolute Gasteiger partial charge is 0.248 e. The molecule has 0 aliphatic heterocycles. The molecule has 0 aliphatic rings. The molecule has 4 nitrogen and oxygen atoms in total. The van der Waals surface area contributed by atoms with Crippen LogP contribution in [0.25, 0.3) is 16.8 Å². The molecule has 3 rings (SSSR count). The van der Waals surface area contributed by atoms with E-state index in [-0.39, 0.29) is 5.91 Å². The zero-order chi connectivity index (χ0) is 18.7. The number of carbonyl (C=O) groups excluding carboxylic acids is 1. The highest BCUT2D eigenvalue weighted by molar-refractivity contribution is 6.31. The Hall–Kier alpha value is -2.59. The maximum absolute atomic E-state index is 12.4. The van der Waals surface area contributed by atoms with E-state index in [1.54, 1.807) is 10.8 Å². The molecule has 1 heterocycles. The Morgan fingerprint density at radius 1 is 1.23 bits per heavy atom. The molecule has 1 amide bonds. The minimum atomic E-state index is -0.201. The van der Waals surface area contributed by atoms with Gasteiger partial charge in [0.2, 0.25) is 5.91 Å². The van der Waals surface area contributed by atoms with E-state index in [2.05, 4.69) is 24.3 Å². The third-order valence-electron chi connectivity index (χ3n) is 4.10. The lowest BCUT2D eigenvalue weighted by molar-refractivity contribution is -0.111. The van der Waals surface area contributed by atoms with Gasteiger partial charge in [-0.05, 0) is 30.4 Å². The van der Waals surface area contributed by atoms with Gasteiger partial charge in [0.15, 0.2) is 0 Å². The predicted molar refractivity (Wildman–Crippen MR) is 108 cm³/mol. The second kappa shape index (κ2) is 7.75. The lowest BCUT2D eigenvalue weighted by Crippen LogP contribution is -2.08. The van der Waals surface area contributed by atoms with Crippen LogP contribution in [0, 0.1) is 12.8 Å². The van der Waals surface area contributed by atoms with E-state index < -0.39 is 0 Å². The van der Waals surface area contributed by atoms with Crippen LogP contribution in [0.15, 0.2) is 48.5 Å². The van der Waals surface area contributed by atoms with E-state index in [1.165, 1.54) is 6.08 Å². The zero-order valence-corrected chi connectivity index (χ0v) is 15.9. The van der Waals surface area contributed by atoms with Crippen molar-refractivity contribution in [2.75, 3.05) is 5.32 Å². The standard InChI is InChI=1S/C21H22ClN3O/c1-14(2)13-25-21(22)17(15(3)24-25)11-12-20(26)23-19-10-6-8-16-7-4-5-9-18(16)19/h4-12,14H,13H2,1-3H3,(H,23,26)/b12-11+. The fourth-order valence-corrected chi connectivity index (χ4v) is 3.20. The molecule has 1 N–H and O–H groups in total. The van der Waals surface area contributed by atoms with E-state index in [0.717, 1.165) is 34.3 Å². The summed E-state index contributed by atoms with van der Waals surface area (Å²) in [4.78, 5) is 12.4. The monoisotopic (exact) mass is 367 g/mol. The van der Waals surface area contributed by atoms with Crippen LogP contribution in [0.5, 0.6) is 0 Å². The third-order valence-corrected chi connectivity index (χ3v) is 4.50. The maximum atomic E-state index is 12.4. The SMILES string of the molecule is Cc1nn(CC(C)C)c(Cl)c1/C=C/C(=O)Nc1cccc2ccccc12. The van der Waals surface area contributed by atoms with Crippen LogP contribution in [0.2, 0.25) is 5.15 Å². The largest absolute Gasteiger partial charge is 0.322 e. The molecule has 26 heavy (non-hydrogen) atoms. The number of amides is 1. The Kier molecular flexibility index (Phi) is 5.43. The Balaban J connectivity index is 1.79. The molecule has 0 unspecified atom stereocenters. The van der Waals surface area contributed by atoms with Crippen molar-refractivity contribution in [1.82, 2.24) is 9.78 Å². The molecule has 0 spiro atoms. The molecule has 5 heteroatoms. The van der Waals surface area contributed by atoms with Gasteiger partial charge in [-0.25, -0.2) is 0 Å². The average Bonchev–Trinajstić information content (AvgIpc) is 2.86. The molecule has 0 bridgehead atoms. The Morgan fingerprint density at radius 3 is 2.73 bits per heavy atom. The highest BCUT2D eigenvalue weighted by Gasteiger charge is 2.12. The van der Waals surface area contributed by atoms with Crippen LogP contribution < -0.4 is 5.32 Å². The first-order chi connectivity index (χ1) is 12.5. The van der Waals surface area contributed by atoms with Crippen LogP contribution >= 0.6 is 11.6 Å². The quantitative estimate of drug-likeness (QED) is 0.621. The van der Waals surface area contributed by atoms with E-state index >= 15 is 0 Å². The number of carbonyl (C=O) groups is 1. The van der Waals surface area contributed by atoms with Gasteiger partial charge >= 0.3 is 0 Å². The highest BCUT2D eigenvalue weighted by atomic mass is 35.5. The molecule has 0 radical (unpaired) electrons. The van der Waals surface area contributed by atoms with Crippen molar-refractivity contribution in [3.63, 3.8) is 0 Å². The predicted octanol–water partition coefficient (Wildman–Crippen LogP) is 5.31. The molecule has 2 aromatic carbocycles. The van der Waals surface area contributed by atoms with Crippen molar-refractivity contribution in [1.29, 1.82) is 0 Å². The second-order valence-electron chi connectivity index (χ2n) is 6.72. The van der Waals surface area contributed by atoms with E-state index in [9.17, 15) is 4.79 Å². The summed E-state index contributed by atoms with van der Waals surface area (Å²) < 4.78 is 1.78. The topological polar surface area (TPSA) is 46.9 Å².